The van der Waals surface area contributed by atoms with Crippen LogP contribution in [0.15, 0.2) is 11.6 Å². The maximum atomic E-state index is 10.9. The van der Waals surface area contributed by atoms with E-state index in [4.69, 9.17) is 4.74 Å². The van der Waals surface area contributed by atoms with E-state index < -0.39 is 0 Å². The first-order valence-corrected chi connectivity index (χ1v) is 5.17. The lowest BCUT2D eigenvalue weighted by Gasteiger charge is -2.19. The highest BCUT2D eigenvalue weighted by Crippen LogP contribution is 2.16. The predicted octanol–water partition coefficient (Wildman–Crippen LogP) is 1.61. The number of likely N-dealkylation sites (N-methyl/N-ethyl adjacent to an activating group) is 1. The molecule has 0 spiro atoms. The minimum absolute atomic E-state index is 0.0179. The number of aldehydes is 1. The first kappa shape index (κ1) is 14.8. The molecule has 92 valence electrons. The fourth-order valence-electron chi connectivity index (χ4n) is 1.13. The average molecular weight is 227 g/mol. The number of hydrogen-bond donors (Lipinski definition) is 0. The van der Waals surface area contributed by atoms with Crippen LogP contribution in [0.25, 0.3) is 0 Å². The average Bonchev–Trinajstić information content (AvgIpc) is 2.41. The SMILES string of the molecule is CC(C)(C)C=O.COC1C(C)=CC(=O)N1C. The van der Waals surface area contributed by atoms with Gasteiger partial charge < -0.3 is 14.4 Å². The molecule has 1 amide bonds. The van der Waals surface area contributed by atoms with Crippen molar-refractivity contribution in [3.8, 4) is 0 Å². The van der Waals surface area contributed by atoms with Gasteiger partial charge in [0.2, 0.25) is 5.91 Å². The fraction of sp³-hybridized carbons (Fsp3) is 0.667. The Morgan fingerprint density at radius 3 is 2.00 bits per heavy atom. The zero-order valence-corrected chi connectivity index (χ0v) is 10.9. The second-order valence-corrected chi connectivity index (χ2v) is 4.91. The third-order valence-electron chi connectivity index (χ3n) is 2.02. The van der Waals surface area contributed by atoms with Crippen molar-refractivity contribution in [2.24, 2.45) is 5.41 Å². The fourth-order valence-corrected chi connectivity index (χ4v) is 1.13. The first-order chi connectivity index (χ1) is 7.22. The van der Waals surface area contributed by atoms with Crippen LogP contribution in [0.1, 0.15) is 27.7 Å². The first-order valence-electron chi connectivity index (χ1n) is 5.17. The molecule has 0 bridgehead atoms. The molecule has 1 unspecified atom stereocenters. The van der Waals surface area contributed by atoms with Crippen LogP contribution in [0, 0.1) is 5.41 Å². The van der Waals surface area contributed by atoms with Gasteiger partial charge in [-0.1, -0.05) is 20.8 Å². The Morgan fingerprint density at radius 2 is 1.88 bits per heavy atom. The molecule has 0 fully saturated rings. The summed E-state index contributed by atoms with van der Waals surface area (Å²) >= 11 is 0. The van der Waals surface area contributed by atoms with E-state index in [0.29, 0.717) is 0 Å². The number of ether oxygens (including phenoxy) is 1. The van der Waals surface area contributed by atoms with Gasteiger partial charge in [0.15, 0.2) is 6.23 Å². The predicted molar refractivity (Wildman–Crippen MR) is 62.8 cm³/mol. The molecule has 0 aromatic heterocycles. The molecule has 4 heteroatoms. The van der Waals surface area contributed by atoms with Crippen LogP contribution in [-0.2, 0) is 14.3 Å². The summed E-state index contributed by atoms with van der Waals surface area (Å²) in [6, 6.07) is 0. The third kappa shape index (κ3) is 4.57. The lowest BCUT2D eigenvalue weighted by Crippen LogP contribution is -2.32. The van der Waals surface area contributed by atoms with E-state index in [1.807, 2.05) is 27.7 Å². The molecular weight excluding hydrogens is 206 g/mol. The smallest absolute Gasteiger partial charge is 0.248 e. The van der Waals surface area contributed by atoms with Crippen molar-refractivity contribution in [1.29, 1.82) is 0 Å². The van der Waals surface area contributed by atoms with E-state index in [0.717, 1.165) is 11.9 Å². The molecule has 16 heavy (non-hydrogen) atoms. The van der Waals surface area contributed by atoms with Crippen LogP contribution < -0.4 is 0 Å². The zero-order chi connectivity index (χ0) is 12.9. The Labute approximate surface area is 97.3 Å². The van der Waals surface area contributed by atoms with Gasteiger partial charge in [0.05, 0.1) is 0 Å². The highest BCUT2D eigenvalue weighted by Gasteiger charge is 2.26. The molecular formula is C12H21NO3. The van der Waals surface area contributed by atoms with E-state index in [1.54, 1.807) is 25.1 Å². The Balaban J connectivity index is 0.000000325. The Kier molecular flexibility index (Phi) is 5.38. The van der Waals surface area contributed by atoms with Crippen LogP contribution in [-0.4, -0.2) is 37.5 Å². The van der Waals surface area contributed by atoms with Gasteiger partial charge in [0.25, 0.3) is 0 Å². The Bertz CT molecular complexity index is 289. The molecule has 1 aliphatic heterocycles. The number of hydrogen-bond acceptors (Lipinski definition) is 3. The summed E-state index contributed by atoms with van der Waals surface area (Å²) in [4.78, 5) is 22.3. The maximum Gasteiger partial charge on any atom is 0.248 e. The summed E-state index contributed by atoms with van der Waals surface area (Å²) in [5.41, 5.74) is 0.829. The van der Waals surface area contributed by atoms with Crippen LogP contribution in [0.3, 0.4) is 0 Å². The summed E-state index contributed by atoms with van der Waals surface area (Å²) < 4.78 is 5.04. The quantitative estimate of drug-likeness (QED) is 0.639. The van der Waals surface area contributed by atoms with Crippen LogP contribution in [0.2, 0.25) is 0 Å². The van der Waals surface area contributed by atoms with Crippen molar-refractivity contribution in [1.82, 2.24) is 4.90 Å². The molecule has 0 aromatic rings. The van der Waals surface area contributed by atoms with Gasteiger partial charge in [-0.25, -0.2) is 0 Å². The van der Waals surface area contributed by atoms with Gasteiger partial charge in [-0.2, -0.15) is 0 Å². The van der Waals surface area contributed by atoms with Gasteiger partial charge in [-0.05, 0) is 12.5 Å². The second kappa shape index (κ2) is 5.80. The number of carbonyl (C=O) groups excluding carboxylic acids is 2. The standard InChI is InChI=1S/C7H11NO2.C5H10O/c1-5-4-6(9)8(2)7(5)10-3;1-5(2,3)4-6/h4,7H,1-3H3;4H,1-3H3. The summed E-state index contributed by atoms with van der Waals surface area (Å²) in [6.45, 7) is 7.51. The number of rotatable bonds is 1. The van der Waals surface area contributed by atoms with Crippen molar-refractivity contribution in [3.63, 3.8) is 0 Å². The van der Waals surface area contributed by atoms with Crippen LogP contribution in [0.5, 0.6) is 0 Å². The minimum atomic E-state index is -0.146. The Morgan fingerprint density at radius 1 is 1.44 bits per heavy atom. The molecule has 1 heterocycles. The lowest BCUT2D eigenvalue weighted by molar-refractivity contribution is -0.130. The number of amides is 1. The van der Waals surface area contributed by atoms with Gasteiger partial charge >= 0.3 is 0 Å². The number of nitrogens with zero attached hydrogens (tertiary/aromatic N) is 1. The van der Waals surface area contributed by atoms with Crippen LogP contribution in [0.4, 0.5) is 0 Å². The van der Waals surface area contributed by atoms with Gasteiger partial charge in [0.1, 0.15) is 6.29 Å². The van der Waals surface area contributed by atoms with Crippen molar-refractivity contribution < 1.29 is 14.3 Å². The van der Waals surface area contributed by atoms with Crippen molar-refractivity contribution in [2.75, 3.05) is 14.2 Å². The van der Waals surface area contributed by atoms with Crippen molar-refractivity contribution in [3.05, 3.63) is 11.6 Å². The van der Waals surface area contributed by atoms with Crippen LogP contribution >= 0.6 is 0 Å². The molecule has 0 aromatic carbocycles. The van der Waals surface area contributed by atoms with E-state index in [1.165, 1.54) is 0 Å². The van der Waals surface area contributed by atoms with E-state index in [-0.39, 0.29) is 17.6 Å². The molecule has 0 aliphatic carbocycles. The minimum Gasteiger partial charge on any atom is -0.358 e. The largest absolute Gasteiger partial charge is 0.358 e. The molecule has 4 nitrogen and oxygen atoms in total. The van der Waals surface area contributed by atoms with Gasteiger partial charge in [-0.3, -0.25) is 4.79 Å². The van der Waals surface area contributed by atoms with Crippen molar-refractivity contribution in [2.45, 2.75) is 33.9 Å². The second-order valence-electron chi connectivity index (χ2n) is 4.91. The summed E-state index contributed by atoms with van der Waals surface area (Å²) in [6.07, 6.45) is 2.38. The lowest BCUT2D eigenvalue weighted by atomic mass is 10.0. The number of methoxy groups -OCH3 is 1. The highest BCUT2D eigenvalue weighted by molar-refractivity contribution is 5.91. The summed E-state index contributed by atoms with van der Waals surface area (Å²) in [7, 11) is 3.32. The van der Waals surface area contributed by atoms with Crippen molar-refractivity contribution >= 4 is 12.2 Å². The highest BCUT2D eigenvalue weighted by atomic mass is 16.5. The monoisotopic (exact) mass is 227 g/mol. The van der Waals surface area contributed by atoms with Gasteiger partial charge in [-0.15, -0.1) is 0 Å². The molecule has 0 saturated heterocycles. The number of carbonyl (C=O) groups is 2. The molecule has 1 rings (SSSR count). The molecule has 1 atom stereocenters. The molecule has 0 saturated carbocycles. The summed E-state index contributed by atoms with van der Waals surface area (Å²) in [5.74, 6) is 0.0179. The molecule has 0 radical (unpaired) electrons. The molecule has 0 N–H and O–H groups in total. The van der Waals surface area contributed by atoms with E-state index in [9.17, 15) is 9.59 Å². The molecule has 1 aliphatic rings. The topological polar surface area (TPSA) is 46.6 Å². The van der Waals surface area contributed by atoms with E-state index in [2.05, 4.69) is 0 Å². The third-order valence-corrected chi connectivity index (χ3v) is 2.02. The van der Waals surface area contributed by atoms with Gasteiger partial charge in [0, 0.05) is 25.6 Å². The summed E-state index contributed by atoms with van der Waals surface area (Å²) in [5, 5.41) is 0. The Hall–Kier alpha value is -1.16. The zero-order valence-electron chi connectivity index (χ0n) is 10.9. The maximum absolute atomic E-state index is 10.9. The normalized spacial score (nSPS) is 20.1. The van der Waals surface area contributed by atoms with E-state index >= 15 is 0 Å².